The number of aliphatic hydroxyl groups is 2. The highest BCUT2D eigenvalue weighted by Gasteiger charge is 2.23. The summed E-state index contributed by atoms with van der Waals surface area (Å²) >= 11 is 0. The number of aryl methyl sites for hydroxylation is 3. The Morgan fingerprint density at radius 1 is 0.958 bits per heavy atom. The SMILES string of the molecule is Cc1nc(C)c(C(=O)OCCCOC(=O)C[C@@H](O)C[C@H](O)/C=C/c2c(-c3ccc(F)cc3)nc(N(C)S(C)(=O)=O)nc2C(C)C)nc1C. The molecular weight excluding hydrogens is 645 g/mol. The number of rotatable bonds is 15. The van der Waals surface area contributed by atoms with Gasteiger partial charge in [-0.25, -0.2) is 36.9 Å². The fourth-order valence-corrected chi connectivity index (χ4v) is 4.86. The molecule has 2 atom stereocenters. The summed E-state index contributed by atoms with van der Waals surface area (Å²) in [6.07, 6.45) is 1.21. The zero-order chi connectivity index (χ0) is 35.8. The second-order valence-corrected chi connectivity index (χ2v) is 13.6. The minimum Gasteiger partial charge on any atom is -0.465 e. The van der Waals surface area contributed by atoms with Crippen molar-refractivity contribution in [3.63, 3.8) is 0 Å². The molecule has 0 aliphatic rings. The van der Waals surface area contributed by atoms with E-state index in [1.54, 1.807) is 26.8 Å². The zero-order valence-corrected chi connectivity index (χ0v) is 28.9. The molecule has 0 amide bonds. The Kier molecular flexibility index (Phi) is 13.2. The fraction of sp³-hybridized carbons (Fsp3) is 0.455. The molecule has 48 heavy (non-hydrogen) atoms. The molecule has 1 aromatic carbocycles. The van der Waals surface area contributed by atoms with Gasteiger partial charge in [0.05, 0.1) is 66.6 Å². The van der Waals surface area contributed by atoms with Gasteiger partial charge in [0.2, 0.25) is 16.0 Å². The summed E-state index contributed by atoms with van der Waals surface area (Å²) in [5.74, 6) is -2.06. The van der Waals surface area contributed by atoms with Gasteiger partial charge in [-0.2, -0.15) is 0 Å². The van der Waals surface area contributed by atoms with Gasteiger partial charge in [-0.3, -0.25) is 9.78 Å². The average Bonchev–Trinajstić information content (AvgIpc) is 3.00. The van der Waals surface area contributed by atoms with Gasteiger partial charge in [-0.15, -0.1) is 0 Å². The third kappa shape index (κ3) is 10.6. The summed E-state index contributed by atoms with van der Waals surface area (Å²) in [5.41, 5.74) is 3.68. The van der Waals surface area contributed by atoms with Crippen molar-refractivity contribution in [3.8, 4) is 11.3 Å². The van der Waals surface area contributed by atoms with Crippen LogP contribution in [0.4, 0.5) is 10.3 Å². The van der Waals surface area contributed by atoms with E-state index < -0.39 is 40.0 Å². The van der Waals surface area contributed by atoms with Gasteiger partial charge < -0.3 is 19.7 Å². The predicted molar refractivity (Wildman–Crippen MR) is 177 cm³/mol. The molecule has 2 heterocycles. The molecule has 3 aromatic rings. The summed E-state index contributed by atoms with van der Waals surface area (Å²) in [6, 6.07) is 5.50. The number of esters is 2. The Morgan fingerprint density at radius 3 is 2.21 bits per heavy atom. The van der Waals surface area contributed by atoms with Crippen molar-refractivity contribution in [1.29, 1.82) is 0 Å². The van der Waals surface area contributed by atoms with Crippen molar-refractivity contribution in [2.45, 2.75) is 72.0 Å². The van der Waals surface area contributed by atoms with E-state index in [9.17, 15) is 32.6 Å². The molecule has 15 heteroatoms. The molecule has 0 aliphatic carbocycles. The molecule has 0 bridgehead atoms. The summed E-state index contributed by atoms with van der Waals surface area (Å²) in [7, 11) is -2.37. The van der Waals surface area contributed by atoms with Gasteiger partial charge in [0.15, 0.2) is 5.69 Å². The van der Waals surface area contributed by atoms with Crippen molar-refractivity contribution < 1.29 is 42.1 Å². The molecule has 2 N–H and O–H groups in total. The first-order chi connectivity index (χ1) is 22.5. The third-order valence-electron chi connectivity index (χ3n) is 7.27. The molecular formula is C33H42FN5O8S. The van der Waals surface area contributed by atoms with Crippen LogP contribution in [0, 0.1) is 26.6 Å². The largest absolute Gasteiger partial charge is 0.465 e. The van der Waals surface area contributed by atoms with Crippen molar-refractivity contribution in [1.82, 2.24) is 19.9 Å². The molecule has 0 fully saturated rings. The van der Waals surface area contributed by atoms with Crippen LogP contribution in [-0.4, -0.2) is 89.2 Å². The van der Waals surface area contributed by atoms with E-state index in [1.165, 1.54) is 37.4 Å². The zero-order valence-electron chi connectivity index (χ0n) is 28.1. The highest BCUT2D eigenvalue weighted by atomic mass is 32.2. The number of aromatic nitrogens is 4. The molecule has 0 unspecified atom stereocenters. The van der Waals surface area contributed by atoms with Crippen molar-refractivity contribution in [3.05, 3.63) is 70.2 Å². The molecule has 0 saturated carbocycles. The van der Waals surface area contributed by atoms with Crippen molar-refractivity contribution in [2.75, 3.05) is 30.8 Å². The fourth-order valence-electron chi connectivity index (χ4n) is 4.48. The Balaban J connectivity index is 1.61. The van der Waals surface area contributed by atoms with Crippen LogP contribution >= 0.6 is 0 Å². The van der Waals surface area contributed by atoms with E-state index in [2.05, 4.69) is 19.9 Å². The van der Waals surface area contributed by atoms with Crippen LogP contribution in [-0.2, 0) is 24.3 Å². The highest BCUT2D eigenvalue weighted by Crippen LogP contribution is 2.32. The second kappa shape index (κ2) is 16.7. The number of aliphatic hydroxyl groups excluding tert-OH is 2. The maximum Gasteiger partial charge on any atom is 0.358 e. The Morgan fingerprint density at radius 2 is 1.58 bits per heavy atom. The van der Waals surface area contributed by atoms with Crippen molar-refractivity contribution in [2.24, 2.45) is 0 Å². The predicted octanol–water partition coefficient (Wildman–Crippen LogP) is 3.82. The van der Waals surface area contributed by atoms with Gasteiger partial charge >= 0.3 is 11.9 Å². The normalized spacial score (nSPS) is 13.1. The number of carbonyl (C=O) groups excluding carboxylic acids is 2. The highest BCUT2D eigenvalue weighted by molar-refractivity contribution is 7.92. The van der Waals surface area contributed by atoms with Crippen LogP contribution in [0.5, 0.6) is 0 Å². The van der Waals surface area contributed by atoms with Crippen LogP contribution in [0.3, 0.4) is 0 Å². The Hall–Kier alpha value is -4.34. The van der Waals surface area contributed by atoms with Crippen LogP contribution in [0.1, 0.15) is 77.9 Å². The monoisotopic (exact) mass is 687 g/mol. The molecule has 0 radical (unpaired) electrons. The minimum absolute atomic E-state index is 0.0142. The Labute approximate surface area is 279 Å². The third-order valence-corrected chi connectivity index (χ3v) is 8.43. The van der Waals surface area contributed by atoms with Gasteiger partial charge in [-0.1, -0.05) is 26.0 Å². The molecule has 13 nitrogen and oxygen atoms in total. The maximum absolute atomic E-state index is 13.7. The average molecular weight is 688 g/mol. The number of hydrogen-bond donors (Lipinski definition) is 2. The molecule has 0 aliphatic heterocycles. The van der Waals surface area contributed by atoms with E-state index in [0.29, 0.717) is 33.9 Å². The lowest BCUT2D eigenvalue weighted by Crippen LogP contribution is -2.27. The summed E-state index contributed by atoms with van der Waals surface area (Å²) in [6.45, 7) is 8.85. The van der Waals surface area contributed by atoms with E-state index in [4.69, 9.17) is 9.47 Å². The lowest BCUT2D eigenvalue weighted by Gasteiger charge is -2.20. The minimum atomic E-state index is -3.69. The van der Waals surface area contributed by atoms with Crippen LogP contribution < -0.4 is 4.31 Å². The van der Waals surface area contributed by atoms with Crippen LogP contribution in [0.25, 0.3) is 17.3 Å². The second-order valence-electron chi connectivity index (χ2n) is 11.6. The molecule has 3 rings (SSSR count). The number of benzene rings is 1. The van der Waals surface area contributed by atoms with E-state index >= 15 is 0 Å². The van der Waals surface area contributed by atoms with Gasteiger partial charge in [0.1, 0.15) is 5.82 Å². The number of anilines is 1. The number of ether oxygens (including phenoxy) is 2. The lowest BCUT2D eigenvalue weighted by atomic mass is 9.97. The van der Waals surface area contributed by atoms with E-state index in [0.717, 1.165) is 16.3 Å². The number of sulfonamides is 1. The van der Waals surface area contributed by atoms with Crippen LogP contribution in [0.15, 0.2) is 30.3 Å². The summed E-state index contributed by atoms with van der Waals surface area (Å²) in [4.78, 5) is 42.0. The first-order valence-electron chi connectivity index (χ1n) is 15.3. The quantitative estimate of drug-likeness (QED) is 0.174. The standard InChI is InChI=1S/C33H42FN5O8S/c1-19(2)29-27(31(23-9-11-24(34)12-10-23)38-33(37-29)39(6)48(7,44)45)14-13-25(40)17-26(41)18-28(42)46-15-8-16-47-32(43)30-22(5)35-20(3)21(4)36-30/h9-14,19,25-26,40-41H,8,15-18H2,1-7H3/b14-13+/t25-,26+/m1/s1. The number of nitrogens with zero attached hydrogens (tertiary/aromatic N) is 5. The summed E-state index contributed by atoms with van der Waals surface area (Å²) in [5, 5.41) is 21.1. The molecule has 0 saturated heterocycles. The first-order valence-corrected chi connectivity index (χ1v) is 17.1. The van der Waals surface area contributed by atoms with Crippen molar-refractivity contribution >= 4 is 34.0 Å². The van der Waals surface area contributed by atoms with Gasteiger partial charge in [-0.05, 0) is 51.0 Å². The number of carbonyl (C=O) groups is 2. The lowest BCUT2D eigenvalue weighted by molar-refractivity contribution is -0.146. The molecule has 260 valence electrons. The maximum atomic E-state index is 13.7. The Bertz CT molecular complexity index is 1750. The number of hydrogen-bond acceptors (Lipinski definition) is 12. The number of halogens is 1. The van der Waals surface area contributed by atoms with Gasteiger partial charge in [0.25, 0.3) is 0 Å². The molecule has 2 aromatic heterocycles. The first kappa shape index (κ1) is 38.1. The smallest absolute Gasteiger partial charge is 0.358 e. The van der Waals surface area contributed by atoms with Gasteiger partial charge in [0, 0.05) is 31.0 Å². The topological polar surface area (TPSA) is 182 Å². The van der Waals surface area contributed by atoms with E-state index in [-0.39, 0.29) is 50.0 Å². The van der Waals surface area contributed by atoms with Crippen LogP contribution in [0.2, 0.25) is 0 Å². The van der Waals surface area contributed by atoms with E-state index in [1.807, 2.05) is 13.8 Å². The summed E-state index contributed by atoms with van der Waals surface area (Å²) < 4.78 is 49.5. The molecule has 0 spiro atoms.